The molecule has 0 spiro atoms. The van der Waals surface area contributed by atoms with Gasteiger partial charge in [0, 0.05) is 26.2 Å². The second-order valence-corrected chi connectivity index (χ2v) is 6.97. The zero-order valence-electron chi connectivity index (χ0n) is 14.8. The summed E-state index contributed by atoms with van der Waals surface area (Å²) in [4.78, 5) is 17.2. The molecule has 0 unspecified atom stereocenters. The lowest BCUT2D eigenvalue weighted by Gasteiger charge is -2.36. The van der Waals surface area contributed by atoms with Crippen molar-refractivity contribution in [2.45, 2.75) is 32.5 Å². The third-order valence-corrected chi connectivity index (χ3v) is 5.20. The molecule has 0 aliphatic carbocycles. The fourth-order valence-corrected chi connectivity index (χ4v) is 3.95. The summed E-state index contributed by atoms with van der Waals surface area (Å²) in [5.74, 6) is 1.52. The Bertz CT molecular complexity index is 756. The summed E-state index contributed by atoms with van der Waals surface area (Å²) in [5, 5.41) is 0. The highest BCUT2D eigenvalue weighted by Crippen LogP contribution is 2.27. The van der Waals surface area contributed by atoms with Gasteiger partial charge in [0.15, 0.2) is 0 Å². The van der Waals surface area contributed by atoms with Gasteiger partial charge in [0.05, 0.1) is 24.3 Å². The number of morpholine rings is 1. The molecule has 0 saturated carbocycles. The molecule has 132 valence electrons. The molecule has 0 N–H and O–H groups in total. The lowest BCUT2D eigenvalue weighted by molar-refractivity contribution is -0.0503. The average molecular weight is 340 g/mol. The zero-order chi connectivity index (χ0) is 17.4. The number of furan rings is 1. The van der Waals surface area contributed by atoms with Gasteiger partial charge < -0.3 is 14.1 Å². The van der Waals surface area contributed by atoms with Crippen LogP contribution in [0, 0.1) is 13.8 Å². The summed E-state index contributed by atoms with van der Waals surface area (Å²) in [6, 6.07) is 12.6. The number of ether oxygens (including phenoxy) is 1. The van der Waals surface area contributed by atoms with Gasteiger partial charge in [-0.1, -0.05) is 30.3 Å². The van der Waals surface area contributed by atoms with Gasteiger partial charge in [0.2, 0.25) is 0 Å². The van der Waals surface area contributed by atoms with E-state index in [9.17, 15) is 4.79 Å². The molecule has 2 aromatic rings. The average Bonchev–Trinajstić information content (AvgIpc) is 3.19. The number of likely N-dealkylation sites (tertiary alicyclic amines) is 1. The minimum absolute atomic E-state index is 0.0482. The van der Waals surface area contributed by atoms with Crippen LogP contribution < -0.4 is 0 Å². The van der Waals surface area contributed by atoms with E-state index < -0.39 is 0 Å². The topological polar surface area (TPSA) is 45.9 Å². The molecule has 5 nitrogen and oxygen atoms in total. The number of carbonyl (C=O) groups excluding carboxylic acids is 1. The van der Waals surface area contributed by atoms with Gasteiger partial charge in [-0.05, 0) is 25.5 Å². The predicted octanol–water partition coefficient (Wildman–Crippen LogP) is 2.62. The quantitative estimate of drug-likeness (QED) is 0.862. The number of amides is 1. The lowest BCUT2D eigenvalue weighted by Crippen LogP contribution is -2.50. The van der Waals surface area contributed by atoms with E-state index in [0.717, 1.165) is 25.5 Å². The van der Waals surface area contributed by atoms with Gasteiger partial charge in [0.25, 0.3) is 5.91 Å². The van der Waals surface area contributed by atoms with E-state index in [2.05, 4.69) is 29.2 Å². The number of hydrogen-bond acceptors (Lipinski definition) is 4. The highest BCUT2D eigenvalue weighted by Gasteiger charge is 2.42. The Kier molecular flexibility index (Phi) is 4.36. The lowest BCUT2D eigenvalue weighted by atomic mass is 10.1. The molecule has 2 atom stereocenters. The van der Waals surface area contributed by atoms with Gasteiger partial charge in [-0.3, -0.25) is 9.69 Å². The fraction of sp³-hybridized carbons (Fsp3) is 0.450. The van der Waals surface area contributed by atoms with E-state index in [1.54, 1.807) is 0 Å². The Balaban J connectivity index is 1.49. The molecule has 1 amide bonds. The monoisotopic (exact) mass is 340 g/mol. The Morgan fingerprint density at radius 1 is 1.20 bits per heavy atom. The number of hydrogen-bond donors (Lipinski definition) is 0. The van der Waals surface area contributed by atoms with Crippen LogP contribution in [0.25, 0.3) is 0 Å². The third kappa shape index (κ3) is 3.22. The van der Waals surface area contributed by atoms with Crippen LogP contribution in [0.2, 0.25) is 0 Å². The summed E-state index contributed by atoms with van der Waals surface area (Å²) in [6.07, 6.45) is 0.0923. The standard InChI is InChI=1S/C20H24N2O3/c1-14-10-17(15(2)25-14)20(23)22-12-18-19(13-22)24-9-8-21(18)11-16-6-4-3-5-7-16/h3-7,10,18-19H,8-9,11-13H2,1-2H3/t18-,19-/m1/s1. The summed E-state index contributed by atoms with van der Waals surface area (Å²) in [5.41, 5.74) is 1.97. The molecule has 0 radical (unpaired) electrons. The van der Waals surface area contributed by atoms with Crippen molar-refractivity contribution in [1.29, 1.82) is 0 Å². The van der Waals surface area contributed by atoms with E-state index in [1.807, 2.05) is 30.9 Å². The number of benzene rings is 1. The smallest absolute Gasteiger partial charge is 0.257 e. The van der Waals surface area contributed by atoms with Crippen LogP contribution in [0.5, 0.6) is 0 Å². The number of carbonyl (C=O) groups is 1. The van der Waals surface area contributed by atoms with Crippen molar-refractivity contribution in [3.63, 3.8) is 0 Å². The van der Waals surface area contributed by atoms with Gasteiger partial charge in [-0.25, -0.2) is 0 Å². The molecule has 2 aliphatic heterocycles. The number of rotatable bonds is 3. The van der Waals surface area contributed by atoms with Crippen molar-refractivity contribution in [3.8, 4) is 0 Å². The Morgan fingerprint density at radius 3 is 2.72 bits per heavy atom. The molecule has 2 fully saturated rings. The van der Waals surface area contributed by atoms with Crippen LogP contribution in [0.1, 0.15) is 27.4 Å². The van der Waals surface area contributed by atoms with Crippen LogP contribution in [-0.4, -0.2) is 54.1 Å². The summed E-state index contributed by atoms with van der Waals surface area (Å²) in [6.45, 7) is 7.61. The van der Waals surface area contributed by atoms with Crippen LogP contribution in [-0.2, 0) is 11.3 Å². The van der Waals surface area contributed by atoms with Crippen molar-refractivity contribution >= 4 is 5.91 Å². The Hall–Kier alpha value is -2.11. The van der Waals surface area contributed by atoms with Crippen LogP contribution in [0.4, 0.5) is 0 Å². The first-order valence-corrected chi connectivity index (χ1v) is 8.87. The van der Waals surface area contributed by atoms with Gasteiger partial charge in [0.1, 0.15) is 11.5 Å². The molecule has 2 saturated heterocycles. The summed E-state index contributed by atoms with van der Waals surface area (Å²) < 4.78 is 11.5. The largest absolute Gasteiger partial charge is 0.466 e. The molecule has 2 aliphatic rings. The SMILES string of the molecule is Cc1cc(C(=O)N2C[C@@H]3[C@@H](C2)OCCN3Cc2ccccc2)c(C)o1. The van der Waals surface area contributed by atoms with Crippen molar-refractivity contribution < 1.29 is 13.9 Å². The van der Waals surface area contributed by atoms with Crippen LogP contribution in [0.15, 0.2) is 40.8 Å². The Labute approximate surface area is 148 Å². The molecular formula is C20H24N2O3. The number of nitrogens with zero attached hydrogens (tertiary/aromatic N) is 2. The third-order valence-electron chi connectivity index (χ3n) is 5.20. The molecule has 1 aromatic heterocycles. The molecule has 3 heterocycles. The van der Waals surface area contributed by atoms with E-state index in [4.69, 9.17) is 9.15 Å². The Morgan fingerprint density at radius 2 is 2.00 bits per heavy atom. The minimum atomic E-state index is 0.0482. The van der Waals surface area contributed by atoms with Crippen molar-refractivity contribution in [2.24, 2.45) is 0 Å². The van der Waals surface area contributed by atoms with Gasteiger partial charge >= 0.3 is 0 Å². The van der Waals surface area contributed by atoms with Crippen LogP contribution >= 0.6 is 0 Å². The zero-order valence-corrected chi connectivity index (χ0v) is 14.8. The van der Waals surface area contributed by atoms with E-state index >= 15 is 0 Å². The van der Waals surface area contributed by atoms with Gasteiger partial charge in [-0.15, -0.1) is 0 Å². The second-order valence-electron chi connectivity index (χ2n) is 6.97. The molecule has 5 heteroatoms. The van der Waals surface area contributed by atoms with Gasteiger partial charge in [-0.2, -0.15) is 0 Å². The van der Waals surface area contributed by atoms with E-state index in [-0.39, 0.29) is 18.1 Å². The molecule has 4 rings (SSSR count). The maximum Gasteiger partial charge on any atom is 0.257 e. The summed E-state index contributed by atoms with van der Waals surface area (Å²) in [7, 11) is 0. The first-order chi connectivity index (χ1) is 12.1. The van der Waals surface area contributed by atoms with Crippen LogP contribution in [0.3, 0.4) is 0 Å². The van der Waals surface area contributed by atoms with Crippen molar-refractivity contribution in [2.75, 3.05) is 26.2 Å². The number of aryl methyl sites for hydroxylation is 2. The van der Waals surface area contributed by atoms with Crippen molar-refractivity contribution in [3.05, 3.63) is 59.0 Å². The molecule has 1 aromatic carbocycles. The molecule has 25 heavy (non-hydrogen) atoms. The second kappa shape index (κ2) is 6.65. The molecule has 0 bridgehead atoms. The maximum absolute atomic E-state index is 12.9. The number of fused-ring (bicyclic) bond motifs is 1. The highest BCUT2D eigenvalue weighted by molar-refractivity contribution is 5.95. The normalized spacial score (nSPS) is 23.7. The minimum Gasteiger partial charge on any atom is -0.466 e. The van der Waals surface area contributed by atoms with E-state index in [1.165, 1.54) is 5.56 Å². The summed E-state index contributed by atoms with van der Waals surface area (Å²) >= 11 is 0. The highest BCUT2D eigenvalue weighted by atomic mass is 16.5. The van der Waals surface area contributed by atoms with E-state index in [0.29, 0.717) is 24.4 Å². The first-order valence-electron chi connectivity index (χ1n) is 8.87. The predicted molar refractivity (Wildman–Crippen MR) is 94.5 cm³/mol. The maximum atomic E-state index is 12.9. The fourth-order valence-electron chi connectivity index (χ4n) is 3.95. The van der Waals surface area contributed by atoms with Crippen molar-refractivity contribution in [1.82, 2.24) is 9.80 Å². The first kappa shape index (κ1) is 16.4. The molecular weight excluding hydrogens is 316 g/mol.